The first kappa shape index (κ1) is 13.8. The number of benzene rings is 1. The van der Waals surface area contributed by atoms with Crippen LogP contribution in [0.15, 0.2) is 24.3 Å². The number of aromatic nitrogens is 1. The number of fused-ring (bicyclic) bond motifs is 1. The predicted molar refractivity (Wildman–Crippen MR) is 82.6 cm³/mol. The topological polar surface area (TPSA) is 50.9 Å². The maximum Gasteiger partial charge on any atom is 0.0726 e. The normalized spacial score (nSPS) is 10.9. The molecule has 0 fully saturated rings. The van der Waals surface area contributed by atoms with Gasteiger partial charge >= 0.3 is 0 Å². The quantitative estimate of drug-likeness (QED) is 0.780. The molecule has 0 unspecified atom stereocenters. The zero-order valence-electron chi connectivity index (χ0n) is 11.9. The Balaban J connectivity index is 2.14. The van der Waals surface area contributed by atoms with Crippen LogP contribution >= 0.6 is 0 Å². The van der Waals surface area contributed by atoms with Crippen molar-refractivity contribution in [2.24, 2.45) is 5.73 Å². The number of hydrogen-bond donors (Lipinski definition) is 2. The van der Waals surface area contributed by atoms with E-state index in [0.29, 0.717) is 0 Å². The van der Waals surface area contributed by atoms with Crippen molar-refractivity contribution >= 4 is 16.6 Å². The monoisotopic (exact) mass is 257 g/mol. The van der Waals surface area contributed by atoms with Crippen LogP contribution in [0.2, 0.25) is 0 Å². The number of nitrogens with one attached hydrogen (secondary N) is 1. The molecule has 0 aliphatic carbocycles. The summed E-state index contributed by atoms with van der Waals surface area (Å²) in [6.07, 6.45) is 3.45. The summed E-state index contributed by atoms with van der Waals surface area (Å²) in [5, 5.41) is 4.75. The van der Waals surface area contributed by atoms with E-state index in [1.807, 2.05) is 6.92 Å². The van der Waals surface area contributed by atoms with Gasteiger partial charge in [-0.1, -0.05) is 18.1 Å². The molecule has 0 saturated heterocycles. The van der Waals surface area contributed by atoms with E-state index in [1.54, 1.807) is 0 Å². The van der Waals surface area contributed by atoms with Gasteiger partial charge in [0.25, 0.3) is 0 Å². The van der Waals surface area contributed by atoms with Crippen molar-refractivity contribution in [3.8, 4) is 0 Å². The Labute approximate surface area is 115 Å². The molecule has 2 rings (SSSR count). The Bertz CT molecular complexity index is 549. The predicted octanol–water partition coefficient (Wildman–Crippen LogP) is 3.39. The molecule has 0 radical (unpaired) electrons. The molecule has 1 aromatic carbocycles. The summed E-state index contributed by atoms with van der Waals surface area (Å²) in [4.78, 5) is 4.58. The van der Waals surface area contributed by atoms with Crippen molar-refractivity contribution in [2.45, 2.75) is 33.1 Å². The second kappa shape index (κ2) is 6.53. The van der Waals surface area contributed by atoms with Gasteiger partial charge in [0.05, 0.1) is 5.52 Å². The fourth-order valence-electron chi connectivity index (χ4n) is 2.29. The van der Waals surface area contributed by atoms with Crippen LogP contribution in [-0.2, 0) is 0 Å². The van der Waals surface area contributed by atoms with Crippen LogP contribution in [0.5, 0.6) is 0 Å². The number of anilines is 1. The van der Waals surface area contributed by atoms with Crippen LogP contribution in [0.1, 0.15) is 30.5 Å². The molecule has 3 N–H and O–H groups in total. The fourth-order valence-corrected chi connectivity index (χ4v) is 2.29. The van der Waals surface area contributed by atoms with Crippen LogP contribution in [0.4, 0.5) is 5.69 Å². The Morgan fingerprint density at radius 3 is 2.74 bits per heavy atom. The molecule has 0 amide bonds. The third-order valence-electron chi connectivity index (χ3n) is 3.29. The minimum atomic E-state index is 0.788. The van der Waals surface area contributed by atoms with Crippen LogP contribution in [-0.4, -0.2) is 18.1 Å². The zero-order chi connectivity index (χ0) is 13.7. The number of rotatable bonds is 6. The molecule has 0 bridgehead atoms. The molecule has 0 aliphatic heterocycles. The van der Waals surface area contributed by atoms with Crippen molar-refractivity contribution in [3.63, 3.8) is 0 Å². The Hall–Kier alpha value is -1.61. The van der Waals surface area contributed by atoms with Crippen molar-refractivity contribution in [3.05, 3.63) is 35.5 Å². The van der Waals surface area contributed by atoms with Crippen molar-refractivity contribution in [2.75, 3.05) is 18.4 Å². The lowest BCUT2D eigenvalue weighted by atomic mass is 10.1. The molecule has 3 nitrogen and oxygen atoms in total. The molecular weight excluding hydrogens is 234 g/mol. The van der Waals surface area contributed by atoms with Gasteiger partial charge in [0, 0.05) is 23.3 Å². The maximum absolute atomic E-state index is 5.50. The van der Waals surface area contributed by atoms with Gasteiger partial charge in [0.1, 0.15) is 0 Å². The lowest BCUT2D eigenvalue weighted by Crippen LogP contribution is -2.05. The molecule has 0 spiro atoms. The van der Waals surface area contributed by atoms with E-state index in [-0.39, 0.29) is 0 Å². The van der Waals surface area contributed by atoms with Crippen molar-refractivity contribution < 1.29 is 0 Å². The SMILES string of the molecule is Cc1ccc2nc(C)cc(NCCCCCN)c2c1. The molecule has 0 atom stereocenters. The van der Waals surface area contributed by atoms with Gasteiger partial charge in [0.15, 0.2) is 0 Å². The van der Waals surface area contributed by atoms with Gasteiger partial charge in [0.2, 0.25) is 0 Å². The number of hydrogen-bond acceptors (Lipinski definition) is 3. The van der Waals surface area contributed by atoms with Crippen molar-refractivity contribution in [1.29, 1.82) is 0 Å². The highest BCUT2D eigenvalue weighted by Gasteiger charge is 2.03. The summed E-state index contributed by atoms with van der Waals surface area (Å²) in [6, 6.07) is 8.53. The molecule has 1 aromatic heterocycles. The fraction of sp³-hybridized carbons (Fsp3) is 0.438. The second-order valence-corrected chi connectivity index (χ2v) is 5.11. The molecule has 2 aromatic rings. The van der Waals surface area contributed by atoms with E-state index in [1.165, 1.54) is 23.1 Å². The van der Waals surface area contributed by atoms with E-state index in [0.717, 1.165) is 37.1 Å². The summed E-state index contributed by atoms with van der Waals surface area (Å²) in [5.41, 5.74) is 10.1. The Morgan fingerprint density at radius 1 is 1.11 bits per heavy atom. The van der Waals surface area contributed by atoms with E-state index >= 15 is 0 Å². The highest BCUT2D eigenvalue weighted by Crippen LogP contribution is 2.24. The summed E-state index contributed by atoms with van der Waals surface area (Å²) < 4.78 is 0. The minimum Gasteiger partial charge on any atom is -0.384 e. The first-order valence-corrected chi connectivity index (χ1v) is 7.02. The standard InChI is InChI=1S/C16H23N3/c1-12-6-7-15-14(10-12)16(11-13(2)19-15)18-9-5-3-4-8-17/h6-7,10-11H,3-5,8-9,17H2,1-2H3,(H,18,19). The van der Waals surface area contributed by atoms with E-state index in [9.17, 15) is 0 Å². The molecule has 19 heavy (non-hydrogen) atoms. The average Bonchev–Trinajstić information content (AvgIpc) is 2.39. The van der Waals surface area contributed by atoms with Crippen LogP contribution < -0.4 is 11.1 Å². The first-order valence-electron chi connectivity index (χ1n) is 7.02. The van der Waals surface area contributed by atoms with Crippen LogP contribution in [0.25, 0.3) is 10.9 Å². The summed E-state index contributed by atoms with van der Waals surface area (Å²) in [6.45, 7) is 5.94. The first-order chi connectivity index (χ1) is 9.20. The third kappa shape index (κ3) is 3.67. The van der Waals surface area contributed by atoms with Crippen molar-refractivity contribution in [1.82, 2.24) is 4.98 Å². The van der Waals surface area contributed by atoms with Gasteiger partial charge in [-0.25, -0.2) is 0 Å². The smallest absolute Gasteiger partial charge is 0.0726 e. The highest BCUT2D eigenvalue weighted by atomic mass is 14.9. The lowest BCUT2D eigenvalue weighted by molar-refractivity contribution is 0.707. The maximum atomic E-state index is 5.50. The molecule has 1 heterocycles. The Morgan fingerprint density at radius 2 is 1.95 bits per heavy atom. The summed E-state index contributed by atoms with van der Waals surface area (Å²) in [7, 11) is 0. The lowest BCUT2D eigenvalue weighted by Gasteiger charge is -2.11. The molecule has 0 aliphatic rings. The largest absolute Gasteiger partial charge is 0.384 e. The van der Waals surface area contributed by atoms with E-state index < -0.39 is 0 Å². The highest BCUT2D eigenvalue weighted by molar-refractivity contribution is 5.91. The summed E-state index contributed by atoms with van der Waals surface area (Å²) in [5.74, 6) is 0. The number of aryl methyl sites for hydroxylation is 2. The molecular formula is C16H23N3. The number of unbranched alkanes of at least 4 members (excludes halogenated alkanes) is 2. The number of nitrogens with two attached hydrogens (primary N) is 1. The molecule has 0 saturated carbocycles. The van der Waals surface area contributed by atoms with E-state index in [4.69, 9.17) is 5.73 Å². The average molecular weight is 257 g/mol. The second-order valence-electron chi connectivity index (χ2n) is 5.11. The summed E-state index contributed by atoms with van der Waals surface area (Å²) >= 11 is 0. The zero-order valence-corrected chi connectivity index (χ0v) is 11.9. The Kier molecular flexibility index (Phi) is 4.74. The van der Waals surface area contributed by atoms with Crippen LogP contribution in [0, 0.1) is 13.8 Å². The third-order valence-corrected chi connectivity index (χ3v) is 3.29. The minimum absolute atomic E-state index is 0.788. The van der Waals surface area contributed by atoms with Gasteiger partial charge in [-0.05, 0) is 51.4 Å². The van der Waals surface area contributed by atoms with Gasteiger partial charge in [-0.2, -0.15) is 0 Å². The molecule has 102 valence electrons. The molecule has 3 heteroatoms. The number of pyridine rings is 1. The number of nitrogens with zero attached hydrogens (tertiary/aromatic N) is 1. The van der Waals surface area contributed by atoms with Gasteiger partial charge < -0.3 is 11.1 Å². The van der Waals surface area contributed by atoms with Gasteiger partial charge in [-0.15, -0.1) is 0 Å². The van der Waals surface area contributed by atoms with E-state index in [2.05, 4.69) is 41.5 Å². The van der Waals surface area contributed by atoms with Gasteiger partial charge in [-0.3, -0.25) is 4.98 Å². The van der Waals surface area contributed by atoms with Crippen LogP contribution in [0.3, 0.4) is 0 Å².